The standard InChI is InChI=1S/C54H36N2O/c1-3-17-37(18-4-1)42-23-7-8-24-43(42)38-19-15-22-40(35-38)55(41-33-34-46-44-25-9-13-31-51(44)56(52(46)36-41)39-20-5-2-6-21-39)50-30-12-10-26-45(50)48-28-16-29-49-47-27-11-14-32-53(47)57-54(48)49/h1-36H. The topological polar surface area (TPSA) is 21.3 Å². The molecule has 0 atom stereocenters. The van der Waals surface area contributed by atoms with Gasteiger partial charge in [0.05, 0.1) is 16.7 Å². The molecule has 0 aliphatic carbocycles. The first-order chi connectivity index (χ1) is 28.3. The van der Waals surface area contributed by atoms with E-state index in [0.29, 0.717) is 0 Å². The number of aromatic nitrogens is 1. The van der Waals surface area contributed by atoms with Gasteiger partial charge in [0.1, 0.15) is 11.2 Å². The normalized spacial score (nSPS) is 11.5. The van der Waals surface area contributed by atoms with Crippen molar-refractivity contribution in [3.63, 3.8) is 0 Å². The molecule has 0 aliphatic heterocycles. The van der Waals surface area contributed by atoms with E-state index in [0.717, 1.165) is 66.9 Å². The molecule has 11 rings (SSSR count). The van der Waals surface area contributed by atoms with Gasteiger partial charge in [-0.1, -0.05) is 164 Å². The lowest BCUT2D eigenvalue weighted by molar-refractivity contribution is 0.670. The van der Waals surface area contributed by atoms with Gasteiger partial charge in [0.2, 0.25) is 0 Å². The number of hydrogen-bond donors (Lipinski definition) is 0. The van der Waals surface area contributed by atoms with Crippen molar-refractivity contribution in [3.8, 4) is 39.1 Å². The van der Waals surface area contributed by atoms with Gasteiger partial charge in [0.25, 0.3) is 0 Å². The number of hydrogen-bond acceptors (Lipinski definition) is 2. The lowest BCUT2D eigenvalue weighted by Crippen LogP contribution is -2.11. The van der Waals surface area contributed by atoms with Crippen molar-refractivity contribution in [1.29, 1.82) is 0 Å². The Morgan fingerprint density at radius 1 is 0.351 bits per heavy atom. The molecule has 0 aliphatic rings. The second kappa shape index (κ2) is 13.6. The monoisotopic (exact) mass is 728 g/mol. The van der Waals surface area contributed by atoms with E-state index in [2.05, 4.69) is 222 Å². The number of nitrogens with zero attached hydrogens (tertiary/aromatic N) is 2. The average Bonchev–Trinajstić information content (AvgIpc) is 3.83. The number of furan rings is 1. The van der Waals surface area contributed by atoms with Crippen LogP contribution >= 0.6 is 0 Å². The molecule has 11 aromatic rings. The summed E-state index contributed by atoms with van der Waals surface area (Å²) in [6.45, 7) is 0. The molecule has 0 fully saturated rings. The largest absolute Gasteiger partial charge is 0.455 e. The fourth-order valence-electron chi connectivity index (χ4n) is 8.65. The molecule has 3 heteroatoms. The highest BCUT2D eigenvalue weighted by Gasteiger charge is 2.22. The Labute approximate surface area is 330 Å². The number of anilines is 3. The molecule has 0 radical (unpaired) electrons. The zero-order valence-electron chi connectivity index (χ0n) is 31.1. The van der Waals surface area contributed by atoms with Gasteiger partial charge in [-0.3, -0.25) is 0 Å². The van der Waals surface area contributed by atoms with Gasteiger partial charge in [-0.05, 0) is 76.9 Å². The Morgan fingerprint density at radius 2 is 0.930 bits per heavy atom. The van der Waals surface area contributed by atoms with E-state index in [1.807, 2.05) is 6.07 Å². The number of fused-ring (bicyclic) bond motifs is 6. The summed E-state index contributed by atoms with van der Waals surface area (Å²) >= 11 is 0. The van der Waals surface area contributed by atoms with Crippen LogP contribution in [0.1, 0.15) is 0 Å². The molecule has 57 heavy (non-hydrogen) atoms. The minimum absolute atomic E-state index is 0.885. The molecule has 2 aromatic heterocycles. The molecule has 268 valence electrons. The first kappa shape index (κ1) is 32.8. The van der Waals surface area contributed by atoms with Crippen LogP contribution in [0.15, 0.2) is 223 Å². The summed E-state index contributed by atoms with van der Waals surface area (Å²) in [7, 11) is 0. The third-order valence-corrected chi connectivity index (χ3v) is 11.2. The molecule has 0 spiro atoms. The van der Waals surface area contributed by atoms with Gasteiger partial charge < -0.3 is 13.9 Å². The Hall–Kier alpha value is -7.62. The van der Waals surface area contributed by atoms with Crippen LogP contribution in [-0.4, -0.2) is 4.57 Å². The molecule has 0 bridgehead atoms. The van der Waals surface area contributed by atoms with E-state index in [-0.39, 0.29) is 0 Å². The Kier molecular flexibility index (Phi) is 7.82. The van der Waals surface area contributed by atoms with E-state index in [9.17, 15) is 0 Å². The SMILES string of the molecule is c1ccc(-c2ccccc2-c2cccc(N(c3ccc4c5ccccc5n(-c5ccccc5)c4c3)c3ccccc3-c3cccc4c3oc3ccccc34)c2)cc1. The lowest BCUT2D eigenvalue weighted by atomic mass is 9.94. The van der Waals surface area contributed by atoms with Crippen LogP contribution in [0.4, 0.5) is 17.1 Å². The van der Waals surface area contributed by atoms with Crippen LogP contribution < -0.4 is 4.90 Å². The summed E-state index contributed by atoms with van der Waals surface area (Å²) in [6, 6.07) is 78.1. The maximum Gasteiger partial charge on any atom is 0.143 e. The van der Waals surface area contributed by atoms with Crippen LogP contribution in [0, 0.1) is 0 Å². The van der Waals surface area contributed by atoms with Crippen LogP contribution in [-0.2, 0) is 0 Å². The summed E-state index contributed by atoms with van der Waals surface area (Å²) in [5.41, 5.74) is 15.3. The fraction of sp³-hybridized carbons (Fsp3) is 0. The van der Waals surface area contributed by atoms with Crippen LogP contribution in [0.5, 0.6) is 0 Å². The molecule has 2 heterocycles. The Balaban J connectivity index is 1.17. The van der Waals surface area contributed by atoms with E-state index < -0.39 is 0 Å². The number of para-hydroxylation sites is 5. The summed E-state index contributed by atoms with van der Waals surface area (Å²) in [5.74, 6) is 0. The van der Waals surface area contributed by atoms with E-state index in [1.165, 1.54) is 33.0 Å². The van der Waals surface area contributed by atoms with Crippen molar-refractivity contribution in [2.45, 2.75) is 0 Å². The van der Waals surface area contributed by atoms with Gasteiger partial charge in [0, 0.05) is 49.7 Å². The molecule has 9 aromatic carbocycles. The third kappa shape index (κ3) is 5.51. The predicted molar refractivity (Wildman–Crippen MR) is 239 cm³/mol. The summed E-state index contributed by atoms with van der Waals surface area (Å²) in [4.78, 5) is 2.41. The van der Waals surface area contributed by atoms with Gasteiger partial charge in [0.15, 0.2) is 0 Å². The molecule has 3 nitrogen and oxygen atoms in total. The zero-order chi connectivity index (χ0) is 37.7. The van der Waals surface area contributed by atoms with Crippen molar-refractivity contribution in [2.24, 2.45) is 0 Å². The number of rotatable bonds is 7. The first-order valence-corrected chi connectivity index (χ1v) is 19.4. The highest BCUT2D eigenvalue weighted by molar-refractivity contribution is 6.12. The van der Waals surface area contributed by atoms with Gasteiger partial charge in [-0.2, -0.15) is 0 Å². The lowest BCUT2D eigenvalue weighted by Gasteiger charge is -2.28. The molecule has 0 N–H and O–H groups in total. The smallest absolute Gasteiger partial charge is 0.143 e. The maximum absolute atomic E-state index is 6.65. The minimum Gasteiger partial charge on any atom is -0.455 e. The molecular weight excluding hydrogens is 693 g/mol. The molecule has 0 saturated carbocycles. The summed E-state index contributed by atoms with van der Waals surface area (Å²) < 4.78 is 9.04. The van der Waals surface area contributed by atoms with Crippen molar-refractivity contribution < 1.29 is 4.42 Å². The highest BCUT2D eigenvalue weighted by atomic mass is 16.3. The highest BCUT2D eigenvalue weighted by Crippen LogP contribution is 2.46. The average molecular weight is 729 g/mol. The first-order valence-electron chi connectivity index (χ1n) is 19.4. The van der Waals surface area contributed by atoms with Crippen molar-refractivity contribution >= 4 is 60.8 Å². The van der Waals surface area contributed by atoms with E-state index in [4.69, 9.17) is 4.42 Å². The quantitative estimate of drug-likeness (QED) is 0.163. The van der Waals surface area contributed by atoms with Crippen LogP contribution in [0.2, 0.25) is 0 Å². The van der Waals surface area contributed by atoms with Crippen LogP contribution in [0.3, 0.4) is 0 Å². The molecule has 0 amide bonds. The van der Waals surface area contributed by atoms with Crippen LogP contribution in [0.25, 0.3) is 82.8 Å². The Bertz CT molecular complexity index is 3250. The minimum atomic E-state index is 0.885. The fourth-order valence-corrected chi connectivity index (χ4v) is 8.65. The number of benzene rings is 9. The van der Waals surface area contributed by atoms with Gasteiger partial charge in [-0.15, -0.1) is 0 Å². The molecule has 0 unspecified atom stereocenters. The maximum atomic E-state index is 6.65. The van der Waals surface area contributed by atoms with Crippen molar-refractivity contribution in [3.05, 3.63) is 218 Å². The van der Waals surface area contributed by atoms with E-state index >= 15 is 0 Å². The second-order valence-corrected chi connectivity index (χ2v) is 14.5. The summed E-state index contributed by atoms with van der Waals surface area (Å²) in [6.07, 6.45) is 0. The zero-order valence-corrected chi connectivity index (χ0v) is 31.1. The predicted octanol–water partition coefficient (Wildman–Crippen LogP) is 15.2. The molecular formula is C54H36N2O. The second-order valence-electron chi connectivity index (χ2n) is 14.5. The van der Waals surface area contributed by atoms with Gasteiger partial charge in [-0.25, -0.2) is 0 Å². The Morgan fingerprint density at radius 3 is 1.77 bits per heavy atom. The third-order valence-electron chi connectivity index (χ3n) is 11.2. The van der Waals surface area contributed by atoms with E-state index in [1.54, 1.807) is 0 Å². The van der Waals surface area contributed by atoms with Crippen molar-refractivity contribution in [1.82, 2.24) is 4.57 Å². The van der Waals surface area contributed by atoms with Gasteiger partial charge >= 0.3 is 0 Å². The van der Waals surface area contributed by atoms with Crippen molar-refractivity contribution in [2.75, 3.05) is 4.90 Å². The molecule has 0 saturated heterocycles. The summed E-state index contributed by atoms with van der Waals surface area (Å²) in [5, 5.41) is 4.67.